The van der Waals surface area contributed by atoms with Crippen molar-refractivity contribution in [3.05, 3.63) is 84.9 Å². The first kappa shape index (κ1) is 19.5. The van der Waals surface area contributed by atoms with E-state index in [2.05, 4.69) is 18.2 Å². The Bertz CT molecular complexity index is 1180. The maximum absolute atomic E-state index is 12.9. The molecule has 0 spiro atoms. The fraction of sp³-hybridized carbons (Fsp3) is 0.115. The van der Waals surface area contributed by atoms with Gasteiger partial charge in [0.05, 0.1) is 25.6 Å². The summed E-state index contributed by atoms with van der Waals surface area (Å²) in [6.45, 7) is 1.59. The number of hydrogen-bond acceptors (Lipinski definition) is 3. The second-order valence-corrected chi connectivity index (χ2v) is 6.95. The average molecular weight is 397 g/mol. The number of ether oxygens (including phenoxy) is 2. The second-order valence-electron chi connectivity index (χ2n) is 6.95. The quantitative estimate of drug-likeness (QED) is 0.404. The van der Waals surface area contributed by atoms with Gasteiger partial charge in [0.2, 0.25) is 5.91 Å². The second kappa shape index (κ2) is 8.29. The number of nitrogens with zero attached hydrogens (tertiary/aromatic N) is 1. The zero-order valence-electron chi connectivity index (χ0n) is 17.3. The third kappa shape index (κ3) is 3.48. The van der Waals surface area contributed by atoms with Crippen molar-refractivity contribution >= 4 is 5.91 Å². The molecule has 4 rings (SSSR count). The summed E-state index contributed by atoms with van der Waals surface area (Å²) in [5, 5.41) is 0. The normalized spacial score (nSPS) is 10.6. The molecule has 1 aromatic heterocycles. The smallest absolute Gasteiger partial charge is 0.228 e. The summed E-state index contributed by atoms with van der Waals surface area (Å²) < 4.78 is 12.6. The molecule has 30 heavy (non-hydrogen) atoms. The van der Waals surface area contributed by atoms with Gasteiger partial charge in [-0.2, -0.15) is 0 Å². The number of hydrogen-bond donors (Lipinski definition) is 0. The van der Waals surface area contributed by atoms with E-state index >= 15 is 0 Å². The summed E-state index contributed by atoms with van der Waals surface area (Å²) in [4.78, 5) is 12.9. The zero-order valence-corrected chi connectivity index (χ0v) is 17.3. The van der Waals surface area contributed by atoms with Crippen molar-refractivity contribution < 1.29 is 14.3 Å². The van der Waals surface area contributed by atoms with Gasteiger partial charge in [0.1, 0.15) is 0 Å². The molecule has 0 amide bonds. The van der Waals surface area contributed by atoms with E-state index in [1.807, 2.05) is 66.7 Å². The van der Waals surface area contributed by atoms with E-state index in [-0.39, 0.29) is 5.91 Å². The van der Waals surface area contributed by atoms with Gasteiger partial charge in [-0.15, -0.1) is 0 Å². The SMILES string of the molecule is COc1ccc(-c2cc(-c3ccccc3)c(-c3ccccc3)n2C(C)=O)cc1OC. The largest absolute Gasteiger partial charge is 0.493 e. The Balaban J connectivity index is 2.03. The van der Waals surface area contributed by atoms with Gasteiger partial charge in [-0.3, -0.25) is 9.36 Å². The van der Waals surface area contributed by atoms with Gasteiger partial charge in [-0.05, 0) is 35.4 Å². The van der Waals surface area contributed by atoms with Crippen molar-refractivity contribution in [1.29, 1.82) is 0 Å². The minimum Gasteiger partial charge on any atom is -0.493 e. The first-order valence-electron chi connectivity index (χ1n) is 9.74. The number of aromatic nitrogens is 1. The van der Waals surface area contributed by atoms with Gasteiger partial charge < -0.3 is 9.47 Å². The molecule has 1 heterocycles. The highest BCUT2D eigenvalue weighted by molar-refractivity contribution is 5.96. The maximum atomic E-state index is 12.9. The molecule has 4 nitrogen and oxygen atoms in total. The predicted octanol–water partition coefficient (Wildman–Crippen LogP) is 6.17. The van der Waals surface area contributed by atoms with Crippen molar-refractivity contribution in [1.82, 2.24) is 4.57 Å². The Morgan fingerprint density at radius 2 is 1.30 bits per heavy atom. The number of carbonyl (C=O) groups excluding carboxylic acids is 1. The molecule has 0 N–H and O–H groups in total. The molecule has 0 aliphatic carbocycles. The van der Waals surface area contributed by atoms with Crippen LogP contribution in [0.25, 0.3) is 33.6 Å². The molecule has 0 radical (unpaired) electrons. The van der Waals surface area contributed by atoms with Crippen LogP contribution in [-0.4, -0.2) is 24.7 Å². The first-order valence-corrected chi connectivity index (χ1v) is 9.74. The minimum absolute atomic E-state index is 0.0548. The van der Waals surface area contributed by atoms with Crippen LogP contribution in [0.1, 0.15) is 11.7 Å². The molecule has 3 aromatic carbocycles. The summed E-state index contributed by atoms with van der Waals surface area (Å²) in [6.07, 6.45) is 0. The Labute approximate surface area is 176 Å². The number of rotatable bonds is 5. The Morgan fingerprint density at radius 1 is 0.700 bits per heavy atom. The van der Waals surface area contributed by atoms with E-state index in [9.17, 15) is 4.79 Å². The standard InChI is InChI=1S/C26H23NO3/c1-18(28)27-23(21-14-15-24(29-2)25(16-21)30-3)17-22(19-10-6-4-7-11-19)26(27)20-12-8-5-9-13-20/h4-17H,1-3H3. The molecule has 0 unspecified atom stereocenters. The highest BCUT2D eigenvalue weighted by Crippen LogP contribution is 2.40. The van der Waals surface area contributed by atoms with Crippen LogP contribution in [0.4, 0.5) is 0 Å². The summed E-state index contributed by atoms with van der Waals surface area (Å²) in [5.74, 6) is 1.21. The van der Waals surface area contributed by atoms with Crippen LogP contribution >= 0.6 is 0 Å². The molecular formula is C26H23NO3. The van der Waals surface area contributed by atoms with E-state index in [0.29, 0.717) is 11.5 Å². The van der Waals surface area contributed by atoms with Crippen molar-refractivity contribution in [3.63, 3.8) is 0 Å². The van der Waals surface area contributed by atoms with Crippen LogP contribution < -0.4 is 9.47 Å². The first-order chi connectivity index (χ1) is 14.6. The molecule has 0 saturated carbocycles. The number of benzene rings is 3. The molecule has 0 aliphatic rings. The van der Waals surface area contributed by atoms with Crippen LogP contribution in [0.5, 0.6) is 11.5 Å². The zero-order chi connectivity index (χ0) is 21.1. The van der Waals surface area contributed by atoms with Crippen LogP contribution in [-0.2, 0) is 0 Å². The van der Waals surface area contributed by atoms with Crippen molar-refractivity contribution in [2.24, 2.45) is 0 Å². The molecule has 4 heteroatoms. The van der Waals surface area contributed by atoms with E-state index in [1.165, 1.54) is 0 Å². The molecule has 150 valence electrons. The monoisotopic (exact) mass is 397 g/mol. The van der Waals surface area contributed by atoms with Gasteiger partial charge >= 0.3 is 0 Å². The van der Waals surface area contributed by atoms with Gasteiger partial charge in [0.25, 0.3) is 0 Å². The third-order valence-corrected chi connectivity index (χ3v) is 5.13. The summed E-state index contributed by atoms with van der Waals surface area (Å²) >= 11 is 0. The van der Waals surface area contributed by atoms with Gasteiger partial charge in [-0.1, -0.05) is 60.7 Å². The third-order valence-electron chi connectivity index (χ3n) is 5.13. The summed E-state index contributed by atoms with van der Waals surface area (Å²) in [5.41, 5.74) is 5.60. The Kier molecular flexibility index (Phi) is 5.40. The fourth-order valence-electron chi connectivity index (χ4n) is 3.76. The Hall–Kier alpha value is -3.79. The van der Waals surface area contributed by atoms with Crippen molar-refractivity contribution in [3.8, 4) is 45.1 Å². The lowest BCUT2D eigenvalue weighted by Gasteiger charge is -2.13. The van der Waals surface area contributed by atoms with Crippen LogP contribution in [0.2, 0.25) is 0 Å². The van der Waals surface area contributed by atoms with Crippen LogP contribution in [0, 0.1) is 0 Å². The van der Waals surface area contributed by atoms with Crippen molar-refractivity contribution in [2.75, 3.05) is 14.2 Å². The highest BCUT2D eigenvalue weighted by Gasteiger charge is 2.22. The lowest BCUT2D eigenvalue weighted by atomic mass is 10.0. The molecule has 0 aliphatic heterocycles. The predicted molar refractivity (Wildman–Crippen MR) is 120 cm³/mol. The summed E-state index contributed by atoms with van der Waals surface area (Å²) in [6, 6.07) is 27.9. The van der Waals surface area contributed by atoms with Gasteiger partial charge in [-0.25, -0.2) is 0 Å². The van der Waals surface area contributed by atoms with Crippen LogP contribution in [0.15, 0.2) is 84.9 Å². The Morgan fingerprint density at radius 3 is 1.87 bits per heavy atom. The minimum atomic E-state index is -0.0548. The van der Waals surface area contributed by atoms with Gasteiger partial charge in [0, 0.05) is 18.1 Å². The van der Waals surface area contributed by atoms with Crippen LogP contribution in [0.3, 0.4) is 0 Å². The highest BCUT2D eigenvalue weighted by atomic mass is 16.5. The maximum Gasteiger partial charge on any atom is 0.228 e. The lowest BCUT2D eigenvalue weighted by Crippen LogP contribution is -2.09. The lowest BCUT2D eigenvalue weighted by molar-refractivity contribution is 0.0940. The van der Waals surface area contributed by atoms with E-state index in [0.717, 1.165) is 33.6 Å². The molecule has 0 fully saturated rings. The number of methoxy groups -OCH3 is 2. The molecular weight excluding hydrogens is 374 g/mol. The molecule has 0 bridgehead atoms. The number of carbonyl (C=O) groups is 1. The van der Waals surface area contributed by atoms with Gasteiger partial charge in [0.15, 0.2) is 11.5 Å². The molecule has 0 atom stereocenters. The summed E-state index contributed by atoms with van der Waals surface area (Å²) in [7, 11) is 3.22. The average Bonchev–Trinajstić information content (AvgIpc) is 3.21. The van der Waals surface area contributed by atoms with Crippen molar-refractivity contribution in [2.45, 2.75) is 6.92 Å². The fourth-order valence-corrected chi connectivity index (χ4v) is 3.76. The molecule has 4 aromatic rings. The van der Waals surface area contributed by atoms with E-state index < -0.39 is 0 Å². The molecule has 0 saturated heterocycles. The van der Waals surface area contributed by atoms with E-state index in [4.69, 9.17) is 9.47 Å². The van der Waals surface area contributed by atoms with E-state index in [1.54, 1.807) is 25.7 Å². The topological polar surface area (TPSA) is 40.5 Å².